The minimum atomic E-state index is -4.21. The molecule has 1 aliphatic carbocycles. The lowest BCUT2D eigenvalue weighted by atomic mass is 9.94. The number of hydrogen-bond donors (Lipinski definition) is 1. The summed E-state index contributed by atoms with van der Waals surface area (Å²) in [5.41, 5.74) is 4.29. The summed E-state index contributed by atoms with van der Waals surface area (Å²) in [6.07, 6.45) is 5.15. The highest BCUT2D eigenvalue weighted by Crippen LogP contribution is 2.30. The Hall–Kier alpha value is -3.85. The summed E-state index contributed by atoms with van der Waals surface area (Å²) in [7, 11) is -4.21. The van der Waals surface area contributed by atoms with Crippen molar-refractivity contribution in [3.8, 4) is 0 Å². The van der Waals surface area contributed by atoms with Gasteiger partial charge in [-0.25, -0.2) is 8.42 Å². The number of carbonyl (C=O) groups excluding carboxylic acids is 2. The Morgan fingerprint density at radius 2 is 1.51 bits per heavy atom. The molecule has 1 N–H and O–H groups in total. The van der Waals surface area contributed by atoms with E-state index in [1.807, 2.05) is 63.2 Å². The van der Waals surface area contributed by atoms with E-state index in [9.17, 15) is 18.0 Å². The van der Waals surface area contributed by atoms with Crippen LogP contribution in [0, 0.1) is 20.8 Å². The van der Waals surface area contributed by atoms with E-state index in [2.05, 4.69) is 5.32 Å². The number of carbonyl (C=O) groups is 2. The van der Waals surface area contributed by atoms with Gasteiger partial charge in [0, 0.05) is 29.1 Å². The standard InChI is InChI=1S/C39H43Cl2N3O4S/c1-27-15-20-34(21-16-27)49(47,48)44(36-22-28(2)14-17-29(36)3)26-38(45)43(25-31-18-19-32(40)24-35(31)41)37(23-30-10-6-4-7-11-30)39(46)42-33-12-8-5-9-13-33/h4,6-7,10-11,14-22,24,33,37H,5,8-9,12-13,23,25-26H2,1-3H3,(H,42,46)/t37-/m0/s1. The highest BCUT2D eigenvalue weighted by Gasteiger charge is 2.36. The first-order valence-electron chi connectivity index (χ1n) is 16.7. The molecule has 0 aromatic heterocycles. The van der Waals surface area contributed by atoms with Crippen molar-refractivity contribution in [3.05, 3.63) is 129 Å². The lowest BCUT2D eigenvalue weighted by Gasteiger charge is -2.35. The molecule has 1 aliphatic rings. The van der Waals surface area contributed by atoms with Gasteiger partial charge in [-0.05, 0) is 86.2 Å². The predicted molar refractivity (Wildman–Crippen MR) is 198 cm³/mol. The van der Waals surface area contributed by atoms with Crippen LogP contribution in [-0.2, 0) is 32.6 Å². The summed E-state index contributed by atoms with van der Waals surface area (Å²) in [6, 6.07) is 25.7. The average Bonchev–Trinajstić information content (AvgIpc) is 3.08. The molecule has 0 heterocycles. The molecule has 0 aliphatic heterocycles. The zero-order valence-corrected chi connectivity index (χ0v) is 30.5. The Bertz CT molecular complexity index is 1880. The lowest BCUT2D eigenvalue weighted by molar-refractivity contribution is -0.140. The number of rotatable bonds is 12. The number of nitrogens with zero attached hydrogens (tertiary/aromatic N) is 2. The first kappa shape index (κ1) is 36.4. The van der Waals surface area contributed by atoms with Gasteiger partial charge in [0.1, 0.15) is 12.6 Å². The van der Waals surface area contributed by atoms with E-state index in [0.717, 1.165) is 53.1 Å². The largest absolute Gasteiger partial charge is 0.352 e. The topological polar surface area (TPSA) is 86.8 Å². The molecular formula is C39H43Cl2N3O4S. The van der Waals surface area contributed by atoms with Crippen molar-refractivity contribution < 1.29 is 18.0 Å². The van der Waals surface area contributed by atoms with Crippen LogP contribution < -0.4 is 9.62 Å². The van der Waals surface area contributed by atoms with Crippen LogP contribution in [0.1, 0.15) is 59.9 Å². The quantitative estimate of drug-likeness (QED) is 0.160. The molecule has 0 radical (unpaired) electrons. The molecule has 49 heavy (non-hydrogen) atoms. The maximum Gasteiger partial charge on any atom is 0.264 e. The highest BCUT2D eigenvalue weighted by molar-refractivity contribution is 7.92. The van der Waals surface area contributed by atoms with Gasteiger partial charge in [-0.15, -0.1) is 0 Å². The highest BCUT2D eigenvalue weighted by atomic mass is 35.5. The lowest BCUT2D eigenvalue weighted by Crippen LogP contribution is -2.55. The van der Waals surface area contributed by atoms with Crippen LogP contribution in [0.15, 0.2) is 95.9 Å². The fourth-order valence-electron chi connectivity index (χ4n) is 6.27. The van der Waals surface area contributed by atoms with E-state index in [-0.39, 0.29) is 29.8 Å². The second-order valence-electron chi connectivity index (χ2n) is 12.9. The first-order valence-corrected chi connectivity index (χ1v) is 18.9. The number of nitrogens with one attached hydrogen (secondary N) is 1. The predicted octanol–water partition coefficient (Wildman–Crippen LogP) is 8.20. The minimum absolute atomic E-state index is 0.00366. The zero-order chi connectivity index (χ0) is 35.1. The van der Waals surface area contributed by atoms with Crippen LogP contribution in [0.3, 0.4) is 0 Å². The molecular weight excluding hydrogens is 677 g/mol. The molecule has 2 amide bonds. The van der Waals surface area contributed by atoms with Crippen LogP contribution in [-0.4, -0.2) is 43.8 Å². The zero-order valence-electron chi connectivity index (χ0n) is 28.2. The van der Waals surface area contributed by atoms with Gasteiger partial charge in [-0.1, -0.05) is 109 Å². The van der Waals surface area contributed by atoms with E-state index in [4.69, 9.17) is 23.2 Å². The Labute approximate surface area is 300 Å². The SMILES string of the molecule is Cc1ccc(S(=O)(=O)N(CC(=O)N(Cc2ccc(Cl)cc2Cl)[C@@H](Cc2ccccc2)C(=O)NC2CCCCC2)c2cc(C)ccc2C)cc1. The molecule has 258 valence electrons. The molecule has 0 unspecified atom stereocenters. The van der Waals surface area contributed by atoms with Crippen molar-refractivity contribution >= 4 is 50.7 Å². The van der Waals surface area contributed by atoms with Crippen LogP contribution in [0.4, 0.5) is 5.69 Å². The van der Waals surface area contributed by atoms with Crippen molar-refractivity contribution in [2.75, 3.05) is 10.8 Å². The van der Waals surface area contributed by atoms with Gasteiger partial charge in [0.05, 0.1) is 10.6 Å². The maximum absolute atomic E-state index is 14.8. The van der Waals surface area contributed by atoms with Gasteiger partial charge in [0.15, 0.2) is 0 Å². The molecule has 7 nitrogen and oxygen atoms in total. The molecule has 4 aromatic carbocycles. The molecule has 10 heteroatoms. The third kappa shape index (κ3) is 9.24. The normalized spacial score (nSPS) is 14.2. The summed E-state index contributed by atoms with van der Waals surface area (Å²) < 4.78 is 30.0. The fraction of sp³-hybridized carbons (Fsp3) is 0.333. The van der Waals surface area contributed by atoms with E-state index >= 15 is 0 Å². The monoisotopic (exact) mass is 719 g/mol. The minimum Gasteiger partial charge on any atom is -0.352 e. The maximum atomic E-state index is 14.8. The third-order valence-corrected chi connectivity index (χ3v) is 11.5. The number of amides is 2. The van der Waals surface area contributed by atoms with Crippen LogP contribution >= 0.6 is 23.2 Å². The fourth-order valence-corrected chi connectivity index (χ4v) is 8.21. The molecule has 0 spiro atoms. The second-order valence-corrected chi connectivity index (χ2v) is 15.6. The summed E-state index contributed by atoms with van der Waals surface area (Å²) in [6.45, 7) is 5.01. The van der Waals surface area contributed by atoms with Crippen molar-refractivity contribution in [3.63, 3.8) is 0 Å². The van der Waals surface area contributed by atoms with Gasteiger partial charge >= 0.3 is 0 Å². The Morgan fingerprint density at radius 1 is 0.837 bits per heavy atom. The molecule has 1 saturated carbocycles. The third-order valence-electron chi connectivity index (χ3n) is 9.10. The van der Waals surface area contributed by atoms with Gasteiger partial charge in [0.25, 0.3) is 10.0 Å². The summed E-state index contributed by atoms with van der Waals surface area (Å²) in [4.78, 5) is 30.7. The molecule has 1 atom stereocenters. The number of benzene rings is 4. The Morgan fingerprint density at radius 3 is 2.18 bits per heavy atom. The van der Waals surface area contributed by atoms with Gasteiger partial charge in [-0.3, -0.25) is 13.9 Å². The smallest absolute Gasteiger partial charge is 0.264 e. The first-order chi connectivity index (χ1) is 23.4. The van der Waals surface area contributed by atoms with Crippen molar-refractivity contribution in [1.29, 1.82) is 0 Å². The number of hydrogen-bond acceptors (Lipinski definition) is 4. The summed E-state index contributed by atoms with van der Waals surface area (Å²) in [5.74, 6) is -0.823. The van der Waals surface area contributed by atoms with Gasteiger partial charge in [0.2, 0.25) is 11.8 Å². The number of aryl methyl sites for hydroxylation is 3. The molecule has 1 fully saturated rings. The van der Waals surface area contributed by atoms with Crippen LogP contribution in [0.5, 0.6) is 0 Å². The Balaban J connectivity index is 1.60. The Kier molecular flexibility index (Phi) is 12.1. The number of sulfonamides is 1. The van der Waals surface area contributed by atoms with Crippen LogP contribution in [0.25, 0.3) is 0 Å². The average molecular weight is 721 g/mol. The second kappa shape index (κ2) is 16.2. The van der Waals surface area contributed by atoms with E-state index in [1.165, 1.54) is 4.90 Å². The summed E-state index contributed by atoms with van der Waals surface area (Å²) >= 11 is 12.9. The number of halogens is 2. The van der Waals surface area contributed by atoms with Gasteiger partial charge < -0.3 is 10.2 Å². The molecule has 5 rings (SSSR count). The van der Waals surface area contributed by atoms with Crippen LogP contribution in [0.2, 0.25) is 10.0 Å². The van der Waals surface area contributed by atoms with E-state index in [0.29, 0.717) is 26.9 Å². The molecule has 0 bridgehead atoms. The molecule has 4 aromatic rings. The summed E-state index contributed by atoms with van der Waals surface area (Å²) in [5, 5.41) is 4.01. The van der Waals surface area contributed by atoms with Crippen molar-refractivity contribution in [2.45, 2.75) is 82.8 Å². The number of anilines is 1. The van der Waals surface area contributed by atoms with Gasteiger partial charge in [-0.2, -0.15) is 0 Å². The van der Waals surface area contributed by atoms with E-state index < -0.39 is 28.5 Å². The van der Waals surface area contributed by atoms with Crippen molar-refractivity contribution in [2.24, 2.45) is 0 Å². The van der Waals surface area contributed by atoms with Crippen molar-refractivity contribution in [1.82, 2.24) is 10.2 Å². The molecule has 0 saturated heterocycles. The van der Waals surface area contributed by atoms with E-state index in [1.54, 1.807) is 48.5 Å².